The second-order valence-corrected chi connectivity index (χ2v) is 6.07. The number of anilines is 3. The van der Waals surface area contributed by atoms with Crippen molar-refractivity contribution in [3.8, 4) is 11.5 Å². The molecule has 0 fully saturated rings. The summed E-state index contributed by atoms with van der Waals surface area (Å²) in [5.74, 6) is 1.27. The van der Waals surface area contributed by atoms with Crippen LogP contribution in [0.3, 0.4) is 0 Å². The first kappa shape index (κ1) is 19.8. The third-order valence-corrected chi connectivity index (χ3v) is 4.11. The van der Waals surface area contributed by atoms with Gasteiger partial charge in [-0.25, -0.2) is 9.97 Å². The first-order valence-corrected chi connectivity index (χ1v) is 8.73. The highest BCUT2D eigenvalue weighted by Crippen LogP contribution is 2.30. The Morgan fingerprint density at radius 2 is 1.69 bits per heavy atom. The van der Waals surface area contributed by atoms with Crippen LogP contribution >= 0.6 is 0 Å². The van der Waals surface area contributed by atoms with E-state index in [1.807, 2.05) is 0 Å². The van der Waals surface area contributed by atoms with Crippen LogP contribution in [0.1, 0.15) is 27.8 Å². The number of Topliss-reactive ketones (excluding diaryl/α,β-unsaturated/α-hetero) is 1. The van der Waals surface area contributed by atoms with Gasteiger partial charge in [-0.15, -0.1) is 0 Å². The number of nitrogens with zero attached hydrogens (tertiary/aromatic N) is 2. The summed E-state index contributed by atoms with van der Waals surface area (Å²) in [7, 11) is 3.14. The predicted octanol–water partition coefficient (Wildman–Crippen LogP) is 3.69. The minimum atomic E-state index is -0.401. The lowest BCUT2D eigenvalue weighted by atomic mass is 10.1. The molecule has 0 atom stereocenters. The smallest absolute Gasteiger partial charge is 0.275 e. The molecule has 0 bridgehead atoms. The topological polar surface area (TPSA) is 102 Å². The molecule has 1 aromatic heterocycles. The van der Waals surface area contributed by atoms with E-state index in [0.717, 1.165) is 0 Å². The molecule has 0 aliphatic carbocycles. The zero-order valence-electron chi connectivity index (χ0n) is 16.2. The van der Waals surface area contributed by atoms with Crippen LogP contribution < -0.4 is 20.1 Å². The molecule has 0 spiro atoms. The summed E-state index contributed by atoms with van der Waals surface area (Å²) in [6.45, 7) is 1.49. The predicted molar refractivity (Wildman–Crippen MR) is 109 cm³/mol. The molecule has 148 valence electrons. The standard InChI is InChI=1S/C21H20N4O4/c1-13(26)14-4-6-15(7-5-14)24-21(27)18-11-23-20(12-22-18)25-17-9-8-16(28-2)10-19(17)29-3/h4-12H,1-3H3,(H,23,25)(H,24,27). The summed E-state index contributed by atoms with van der Waals surface area (Å²) < 4.78 is 10.5. The number of aromatic nitrogens is 2. The number of methoxy groups -OCH3 is 2. The van der Waals surface area contributed by atoms with Crippen LogP contribution in [0.25, 0.3) is 0 Å². The maximum Gasteiger partial charge on any atom is 0.275 e. The van der Waals surface area contributed by atoms with Crippen molar-refractivity contribution < 1.29 is 19.1 Å². The quantitative estimate of drug-likeness (QED) is 0.591. The molecule has 0 aliphatic heterocycles. The molecule has 29 heavy (non-hydrogen) atoms. The van der Waals surface area contributed by atoms with Crippen molar-refractivity contribution in [2.75, 3.05) is 24.9 Å². The Labute approximate surface area is 167 Å². The molecule has 8 nitrogen and oxygen atoms in total. The number of benzene rings is 2. The Morgan fingerprint density at radius 3 is 2.28 bits per heavy atom. The fourth-order valence-electron chi connectivity index (χ4n) is 2.53. The maximum absolute atomic E-state index is 12.3. The molecule has 1 heterocycles. The summed E-state index contributed by atoms with van der Waals surface area (Å²) >= 11 is 0. The molecule has 8 heteroatoms. The average molecular weight is 392 g/mol. The van der Waals surface area contributed by atoms with Gasteiger partial charge in [0.05, 0.1) is 32.3 Å². The van der Waals surface area contributed by atoms with Crippen molar-refractivity contribution in [2.45, 2.75) is 6.92 Å². The van der Waals surface area contributed by atoms with Gasteiger partial charge in [0.15, 0.2) is 5.78 Å². The number of amides is 1. The van der Waals surface area contributed by atoms with Gasteiger partial charge in [-0.3, -0.25) is 9.59 Å². The summed E-state index contributed by atoms with van der Waals surface area (Å²) in [5.41, 5.74) is 1.98. The van der Waals surface area contributed by atoms with Crippen LogP contribution in [-0.4, -0.2) is 35.9 Å². The molecule has 0 saturated carbocycles. The number of hydrogen-bond donors (Lipinski definition) is 2. The number of carbonyl (C=O) groups is 2. The summed E-state index contributed by atoms with van der Waals surface area (Å²) in [6.07, 6.45) is 2.83. The van der Waals surface area contributed by atoms with Gasteiger partial charge in [0, 0.05) is 17.3 Å². The maximum atomic E-state index is 12.3. The molecule has 2 aromatic carbocycles. The monoisotopic (exact) mass is 392 g/mol. The molecule has 0 radical (unpaired) electrons. The lowest BCUT2D eigenvalue weighted by Crippen LogP contribution is -2.14. The van der Waals surface area contributed by atoms with E-state index in [9.17, 15) is 9.59 Å². The van der Waals surface area contributed by atoms with Gasteiger partial charge in [-0.2, -0.15) is 0 Å². The molecular formula is C21H20N4O4. The minimum Gasteiger partial charge on any atom is -0.497 e. The summed E-state index contributed by atoms with van der Waals surface area (Å²) in [5, 5.41) is 5.81. The zero-order chi connectivity index (χ0) is 20.8. The van der Waals surface area contributed by atoms with Crippen LogP contribution in [-0.2, 0) is 0 Å². The van der Waals surface area contributed by atoms with Crippen molar-refractivity contribution in [1.82, 2.24) is 9.97 Å². The van der Waals surface area contributed by atoms with Crippen molar-refractivity contribution in [2.24, 2.45) is 0 Å². The molecule has 0 unspecified atom stereocenters. The number of rotatable bonds is 7. The second kappa shape index (κ2) is 8.83. The van der Waals surface area contributed by atoms with Gasteiger partial charge in [0.2, 0.25) is 0 Å². The van der Waals surface area contributed by atoms with Crippen molar-refractivity contribution in [3.63, 3.8) is 0 Å². The first-order chi connectivity index (χ1) is 14.0. The molecule has 0 aliphatic rings. The normalized spacial score (nSPS) is 10.2. The van der Waals surface area contributed by atoms with Crippen LogP contribution in [0.5, 0.6) is 11.5 Å². The SMILES string of the molecule is COc1ccc(Nc2cnc(C(=O)Nc3ccc(C(C)=O)cc3)cn2)c(OC)c1. The Bertz CT molecular complexity index is 1020. The van der Waals surface area contributed by atoms with E-state index in [0.29, 0.717) is 34.3 Å². The summed E-state index contributed by atoms with van der Waals surface area (Å²) in [4.78, 5) is 32.0. The molecule has 2 N–H and O–H groups in total. The lowest BCUT2D eigenvalue weighted by Gasteiger charge is -2.12. The molecule has 3 aromatic rings. The van der Waals surface area contributed by atoms with Gasteiger partial charge in [0.25, 0.3) is 5.91 Å². The van der Waals surface area contributed by atoms with Gasteiger partial charge in [0.1, 0.15) is 23.0 Å². The number of hydrogen-bond acceptors (Lipinski definition) is 7. The number of ether oxygens (including phenoxy) is 2. The Morgan fingerprint density at radius 1 is 0.931 bits per heavy atom. The van der Waals surface area contributed by atoms with Crippen LogP contribution in [0.4, 0.5) is 17.2 Å². The number of ketones is 1. The Hall–Kier alpha value is -3.94. The minimum absolute atomic E-state index is 0.0367. The molecular weight excluding hydrogens is 372 g/mol. The van der Waals surface area contributed by atoms with E-state index in [4.69, 9.17) is 9.47 Å². The van der Waals surface area contributed by atoms with Crippen LogP contribution in [0, 0.1) is 0 Å². The van der Waals surface area contributed by atoms with Gasteiger partial charge in [-0.05, 0) is 43.3 Å². The largest absolute Gasteiger partial charge is 0.497 e. The third-order valence-electron chi connectivity index (χ3n) is 4.11. The number of nitrogens with one attached hydrogen (secondary N) is 2. The lowest BCUT2D eigenvalue weighted by molar-refractivity contribution is 0.101. The third kappa shape index (κ3) is 4.86. The van der Waals surface area contributed by atoms with Crippen molar-refractivity contribution in [3.05, 3.63) is 66.1 Å². The van der Waals surface area contributed by atoms with Gasteiger partial charge >= 0.3 is 0 Å². The van der Waals surface area contributed by atoms with Crippen molar-refractivity contribution >= 4 is 28.9 Å². The fraction of sp³-hybridized carbons (Fsp3) is 0.143. The highest BCUT2D eigenvalue weighted by atomic mass is 16.5. The van der Waals surface area contributed by atoms with E-state index in [1.165, 1.54) is 19.3 Å². The number of carbonyl (C=O) groups excluding carboxylic acids is 2. The van der Waals surface area contributed by atoms with E-state index in [1.54, 1.807) is 56.7 Å². The second-order valence-electron chi connectivity index (χ2n) is 6.07. The van der Waals surface area contributed by atoms with Crippen LogP contribution in [0.15, 0.2) is 54.9 Å². The first-order valence-electron chi connectivity index (χ1n) is 8.73. The van der Waals surface area contributed by atoms with E-state index in [2.05, 4.69) is 20.6 Å². The van der Waals surface area contributed by atoms with E-state index in [-0.39, 0.29) is 11.5 Å². The Kier molecular flexibility index (Phi) is 6.03. The van der Waals surface area contributed by atoms with E-state index < -0.39 is 5.91 Å². The van der Waals surface area contributed by atoms with Gasteiger partial charge < -0.3 is 20.1 Å². The van der Waals surface area contributed by atoms with Crippen LogP contribution in [0.2, 0.25) is 0 Å². The molecule has 0 saturated heterocycles. The highest BCUT2D eigenvalue weighted by Gasteiger charge is 2.11. The Balaban J connectivity index is 1.68. The van der Waals surface area contributed by atoms with Crippen molar-refractivity contribution in [1.29, 1.82) is 0 Å². The fourth-order valence-corrected chi connectivity index (χ4v) is 2.53. The molecule has 3 rings (SSSR count). The van der Waals surface area contributed by atoms with E-state index >= 15 is 0 Å². The highest BCUT2D eigenvalue weighted by molar-refractivity contribution is 6.03. The molecule has 1 amide bonds. The average Bonchev–Trinajstić information content (AvgIpc) is 2.74. The van der Waals surface area contributed by atoms with Gasteiger partial charge in [-0.1, -0.05) is 0 Å². The zero-order valence-corrected chi connectivity index (χ0v) is 16.2. The summed E-state index contributed by atoms with van der Waals surface area (Å²) in [6, 6.07) is 12.0.